The normalized spacial score (nSPS) is 12.4. The fourth-order valence-electron chi connectivity index (χ4n) is 1.64. The topological polar surface area (TPSA) is 50.7 Å². The van der Waals surface area contributed by atoms with Gasteiger partial charge in [0.2, 0.25) is 0 Å². The van der Waals surface area contributed by atoms with Crippen molar-refractivity contribution < 1.29 is 9.53 Å². The molecule has 0 spiro atoms. The molecule has 22 heavy (non-hydrogen) atoms. The zero-order valence-corrected chi connectivity index (χ0v) is 14.3. The van der Waals surface area contributed by atoms with Crippen LogP contribution in [0.1, 0.15) is 17.4 Å². The second-order valence-corrected chi connectivity index (χ2v) is 6.73. The minimum absolute atomic E-state index is 0.340. The van der Waals surface area contributed by atoms with Crippen LogP contribution in [0, 0.1) is 6.92 Å². The van der Waals surface area contributed by atoms with Crippen molar-refractivity contribution in [2.75, 3.05) is 0 Å². The lowest BCUT2D eigenvalue weighted by atomic mass is 10.2. The van der Waals surface area contributed by atoms with E-state index in [0.29, 0.717) is 15.1 Å². The highest BCUT2D eigenvalue weighted by Crippen LogP contribution is 2.23. The molecule has 0 aliphatic rings. The average molecular weight is 357 g/mol. The van der Waals surface area contributed by atoms with Gasteiger partial charge in [0.1, 0.15) is 5.75 Å². The summed E-state index contributed by atoms with van der Waals surface area (Å²) in [6, 6.07) is 8.82. The van der Waals surface area contributed by atoms with E-state index in [0.717, 1.165) is 10.4 Å². The molecule has 0 saturated heterocycles. The summed E-state index contributed by atoms with van der Waals surface area (Å²) in [5, 5.41) is 4.51. The Bertz CT molecular complexity index is 701. The number of carbonyl (C=O) groups is 1. The van der Waals surface area contributed by atoms with E-state index in [1.165, 1.54) is 17.6 Å². The lowest BCUT2D eigenvalue weighted by molar-refractivity contribution is -0.127. The van der Waals surface area contributed by atoms with Crippen molar-refractivity contribution in [1.29, 1.82) is 0 Å². The largest absolute Gasteiger partial charge is 0.481 e. The fourth-order valence-corrected chi connectivity index (χ4v) is 2.80. The van der Waals surface area contributed by atoms with Crippen molar-refractivity contribution in [3.8, 4) is 5.75 Å². The number of carbonyl (C=O) groups excluding carboxylic acids is 1. The van der Waals surface area contributed by atoms with Crippen LogP contribution >= 0.6 is 34.5 Å². The third-order valence-electron chi connectivity index (χ3n) is 2.77. The molecule has 1 amide bonds. The highest BCUT2D eigenvalue weighted by Gasteiger charge is 2.15. The van der Waals surface area contributed by atoms with Crippen molar-refractivity contribution in [1.82, 2.24) is 5.43 Å². The van der Waals surface area contributed by atoms with Crippen LogP contribution in [0.25, 0.3) is 0 Å². The standard InChI is InChI=1S/C15H14Cl2N2O2S/c1-9-7-11(16)3-5-13(9)21-10(2)15(20)19-18-8-12-4-6-14(17)22-12/h3-8,10H,1-2H3,(H,19,20)/b18-8+. The van der Waals surface area contributed by atoms with E-state index in [-0.39, 0.29) is 5.91 Å². The number of nitrogens with zero attached hydrogens (tertiary/aromatic N) is 1. The first-order valence-corrected chi connectivity index (χ1v) is 8.04. The summed E-state index contributed by atoms with van der Waals surface area (Å²) in [5.74, 6) is 0.273. The highest BCUT2D eigenvalue weighted by atomic mass is 35.5. The van der Waals surface area contributed by atoms with E-state index in [9.17, 15) is 4.79 Å². The zero-order valence-electron chi connectivity index (χ0n) is 12.0. The maximum atomic E-state index is 11.9. The minimum Gasteiger partial charge on any atom is -0.481 e. The van der Waals surface area contributed by atoms with E-state index in [2.05, 4.69) is 10.5 Å². The molecular formula is C15H14Cl2N2O2S. The van der Waals surface area contributed by atoms with Gasteiger partial charge in [-0.15, -0.1) is 11.3 Å². The molecule has 1 atom stereocenters. The predicted octanol–water partition coefficient (Wildman–Crippen LogP) is 4.28. The Morgan fingerprint density at radius 3 is 2.77 bits per heavy atom. The summed E-state index contributed by atoms with van der Waals surface area (Å²) in [6.45, 7) is 3.52. The summed E-state index contributed by atoms with van der Waals surface area (Å²) in [6.07, 6.45) is 0.860. The summed E-state index contributed by atoms with van der Waals surface area (Å²) < 4.78 is 6.27. The van der Waals surface area contributed by atoms with E-state index < -0.39 is 6.10 Å². The second kappa shape index (κ2) is 7.63. The first-order valence-electron chi connectivity index (χ1n) is 6.47. The van der Waals surface area contributed by atoms with Crippen LogP contribution in [0.4, 0.5) is 0 Å². The molecule has 1 N–H and O–H groups in total. The average Bonchev–Trinajstić information content (AvgIpc) is 2.87. The van der Waals surface area contributed by atoms with Crippen molar-refractivity contribution in [3.63, 3.8) is 0 Å². The first-order chi connectivity index (χ1) is 10.5. The molecule has 0 saturated carbocycles. The van der Waals surface area contributed by atoms with Gasteiger partial charge in [-0.2, -0.15) is 5.10 Å². The maximum Gasteiger partial charge on any atom is 0.280 e. The van der Waals surface area contributed by atoms with Gasteiger partial charge in [-0.3, -0.25) is 4.79 Å². The Morgan fingerprint density at radius 2 is 2.14 bits per heavy atom. The van der Waals surface area contributed by atoms with Gasteiger partial charge in [0, 0.05) is 9.90 Å². The Balaban J connectivity index is 1.90. The van der Waals surface area contributed by atoms with Crippen LogP contribution in [0.15, 0.2) is 35.4 Å². The Morgan fingerprint density at radius 1 is 1.36 bits per heavy atom. The molecule has 2 rings (SSSR count). The first kappa shape index (κ1) is 16.8. The molecule has 1 aromatic carbocycles. The van der Waals surface area contributed by atoms with E-state index in [4.69, 9.17) is 27.9 Å². The highest BCUT2D eigenvalue weighted by molar-refractivity contribution is 7.17. The van der Waals surface area contributed by atoms with Crippen molar-refractivity contribution in [2.45, 2.75) is 20.0 Å². The van der Waals surface area contributed by atoms with Gasteiger partial charge in [-0.25, -0.2) is 5.43 Å². The van der Waals surface area contributed by atoms with E-state index >= 15 is 0 Å². The molecule has 7 heteroatoms. The quantitative estimate of drug-likeness (QED) is 0.641. The summed E-state index contributed by atoms with van der Waals surface area (Å²) in [5.41, 5.74) is 3.30. The van der Waals surface area contributed by atoms with Gasteiger partial charge in [0.05, 0.1) is 10.6 Å². The molecular weight excluding hydrogens is 343 g/mol. The molecule has 1 aromatic heterocycles. The van der Waals surface area contributed by atoms with Crippen LogP contribution in [-0.4, -0.2) is 18.2 Å². The van der Waals surface area contributed by atoms with Crippen molar-refractivity contribution in [2.24, 2.45) is 5.10 Å². The molecule has 1 unspecified atom stereocenters. The zero-order chi connectivity index (χ0) is 16.1. The lowest BCUT2D eigenvalue weighted by Crippen LogP contribution is -2.33. The number of halogens is 2. The molecule has 1 heterocycles. The molecule has 4 nitrogen and oxygen atoms in total. The van der Waals surface area contributed by atoms with Crippen LogP contribution in [0.5, 0.6) is 5.75 Å². The van der Waals surface area contributed by atoms with E-state index in [1.807, 2.05) is 13.0 Å². The number of nitrogens with one attached hydrogen (secondary N) is 1. The summed E-state index contributed by atoms with van der Waals surface area (Å²) >= 11 is 13.1. The second-order valence-electron chi connectivity index (χ2n) is 4.55. The van der Waals surface area contributed by atoms with Gasteiger partial charge >= 0.3 is 0 Å². The number of hydrogen-bond acceptors (Lipinski definition) is 4. The Hall–Kier alpha value is -1.56. The van der Waals surface area contributed by atoms with Crippen LogP contribution in [0.2, 0.25) is 9.36 Å². The monoisotopic (exact) mass is 356 g/mol. The molecule has 0 fully saturated rings. The molecule has 0 aliphatic heterocycles. The van der Waals surface area contributed by atoms with Crippen LogP contribution in [0.3, 0.4) is 0 Å². The number of aryl methyl sites for hydroxylation is 1. The van der Waals surface area contributed by atoms with Gasteiger partial charge in [-0.1, -0.05) is 23.2 Å². The minimum atomic E-state index is -0.677. The Labute approximate surface area is 142 Å². The van der Waals surface area contributed by atoms with Crippen LogP contribution in [-0.2, 0) is 4.79 Å². The van der Waals surface area contributed by atoms with Crippen molar-refractivity contribution >= 4 is 46.7 Å². The number of thiophene rings is 1. The smallest absolute Gasteiger partial charge is 0.280 e. The van der Waals surface area contributed by atoms with Gasteiger partial charge < -0.3 is 4.74 Å². The number of hydrazone groups is 1. The fraction of sp³-hybridized carbons (Fsp3) is 0.200. The molecule has 0 bridgehead atoms. The van der Waals surface area contributed by atoms with Gasteiger partial charge in [0.15, 0.2) is 6.10 Å². The number of benzene rings is 1. The SMILES string of the molecule is Cc1cc(Cl)ccc1OC(C)C(=O)N/N=C/c1ccc(Cl)s1. The molecule has 0 radical (unpaired) electrons. The summed E-state index contributed by atoms with van der Waals surface area (Å²) in [7, 11) is 0. The van der Waals surface area contributed by atoms with Crippen LogP contribution < -0.4 is 10.2 Å². The molecule has 0 aliphatic carbocycles. The number of ether oxygens (including phenoxy) is 1. The molecule has 2 aromatic rings. The molecule has 116 valence electrons. The predicted molar refractivity (Wildman–Crippen MR) is 91.3 cm³/mol. The lowest BCUT2D eigenvalue weighted by Gasteiger charge is -2.14. The van der Waals surface area contributed by atoms with Crippen molar-refractivity contribution in [3.05, 3.63) is 50.1 Å². The maximum absolute atomic E-state index is 11.9. The third-order valence-corrected chi connectivity index (χ3v) is 4.17. The third kappa shape index (κ3) is 4.73. The van der Waals surface area contributed by atoms with Gasteiger partial charge in [-0.05, 0) is 49.7 Å². The summed E-state index contributed by atoms with van der Waals surface area (Å²) in [4.78, 5) is 12.8. The Kier molecular flexibility index (Phi) is 5.83. The number of rotatable bonds is 5. The number of amides is 1. The van der Waals surface area contributed by atoms with Gasteiger partial charge in [0.25, 0.3) is 5.91 Å². The van der Waals surface area contributed by atoms with E-state index in [1.54, 1.807) is 31.2 Å². The number of hydrogen-bond donors (Lipinski definition) is 1.